The summed E-state index contributed by atoms with van der Waals surface area (Å²) >= 11 is 0. The molecule has 1 N–H and O–H groups in total. The summed E-state index contributed by atoms with van der Waals surface area (Å²) in [7, 11) is -1.93. The molecule has 4 aliphatic rings. The van der Waals surface area contributed by atoms with Crippen molar-refractivity contribution in [2.24, 2.45) is 5.92 Å². The molecule has 1 amide bonds. The van der Waals surface area contributed by atoms with Crippen LogP contribution < -0.4 is 10.1 Å². The lowest BCUT2D eigenvalue weighted by Gasteiger charge is -2.49. The summed E-state index contributed by atoms with van der Waals surface area (Å²) < 4.78 is 36.5. The van der Waals surface area contributed by atoms with Crippen LogP contribution in [0.1, 0.15) is 30.4 Å². The zero-order valence-corrected chi connectivity index (χ0v) is 22.8. The van der Waals surface area contributed by atoms with Gasteiger partial charge in [0.25, 0.3) is 0 Å². The third kappa shape index (κ3) is 6.58. The molecule has 10 heteroatoms. The molecule has 4 aliphatic heterocycles. The van der Waals surface area contributed by atoms with Crippen LogP contribution in [0, 0.1) is 19.8 Å². The molecule has 1 unspecified atom stereocenters. The number of nitrogens with zero attached hydrogens (tertiary/aromatic N) is 3. The number of nitrogens with one attached hydrogen (secondary N) is 1. The number of amides is 1. The highest BCUT2D eigenvalue weighted by molar-refractivity contribution is 7.91. The van der Waals surface area contributed by atoms with Crippen LogP contribution >= 0.6 is 0 Å². The number of carbonyl (C=O) groups excluding carboxylic acids is 1. The van der Waals surface area contributed by atoms with Crippen LogP contribution in [0.3, 0.4) is 0 Å². The van der Waals surface area contributed by atoms with Gasteiger partial charge in [-0.2, -0.15) is 0 Å². The Morgan fingerprint density at radius 2 is 1.78 bits per heavy atom. The fourth-order valence-electron chi connectivity index (χ4n) is 6.06. The monoisotopic (exact) mass is 522 g/mol. The van der Waals surface area contributed by atoms with E-state index in [1.807, 2.05) is 4.90 Å². The van der Waals surface area contributed by atoms with Gasteiger partial charge in [0.1, 0.15) is 18.2 Å². The summed E-state index contributed by atoms with van der Waals surface area (Å²) in [6, 6.07) is 4.10. The van der Waals surface area contributed by atoms with Crippen molar-refractivity contribution in [1.29, 1.82) is 0 Å². The molecule has 0 radical (unpaired) electrons. The maximum absolute atomic E-state index is 12.8. The lowest BCUT2D eigenvalue weighted by molar-refractivity contribution is -0.136. The summed E-state index contributed by atoms with van der Waals surface area (Å²) in [6.07, 6.45) is 3.62. The first kappa shape index (κ1) is 27.3. The number of piperidine rings is 3. The third-order valence-electron chi connectivity index (χ3n) is 7.90. The van der Waals surface area contributed by atoms with Crippen molar-refractivity contribution in [3.63, 3.8) is 0 Å². The molecule has 36 heavy (non-hydrogen) atoms. The van der Waals surface area contributed by atoms with Gasteiger partial charge in [0.15, 0.2) is 9.84 Å². The second-order valence-electron chi connectivity index (χ2n) is 10.4. The summed E-state index contributed by atoms with van der Waals surface area (Å²) in [4.78, 5) is 20.2. The Labute approximate surface area is 216 Å². The molecule has 1 aromatic rings. The molecule has 4 fully saturated rings. The van der Waals surface area contributed by atoms with Gasteiger partial charge in [0.2, 0.25) is 5.91 Å². The van der Waals surface area contributed by atoms with Gasteiger partial charge in [0, 0.05) is 45.3 Å². The van der Waals surface area contributed by atoms with E-state index < -0.39 is 9.84 Å². The van der Waals surface area contributed by atoms with Gasteiger partial charge >= 0.3 is 0 Å². The number of aryl methyl sites for hydroxylation is 2. The number of sulfone groups is 1. The number of hydrogen-bond acceptors (Lipinski definition) is 8. The molecule has 0 aliphatic carbocycles. The van der Waals surface area contributed by atoms with Gasteiger partial charge in [-0.25, -0.2) is 8.42 Å². The first-order valence-electron chi connectivity index (χ1n) is 13.2. The fourth-order valence-corrected chi connectivity index (χ4v) is 7.72. The Hall–Kier alpha value is -1.72. The maximum atomic E-state index is 12.8. The fraction of sp³-hybridized carbons (Fsp3) is 0.731. The Morgan fingerprint density at radius 3 is 2.42 bits per heavy atom. The summed E-state index contributed by atoms with van der Waals surface area (Å²) in [5.41, 5.74) is 1.33. The van der Waals surface area contributed by atoms with Crippen LogP contribution in [-0.4, -0.2) is 114 Å². The Balaban J connectivity index is 1.15. The van der Waals surface area contributed by atoms with E-state index in [1.54, 1.807) is 33.1 Å². The Bertz CT molecular complexity index is 987. The predicted molar refractivity (Wildman–Crippen MR) is 139 cm³/mol. The van der Waals surface area contributed by atoms with Crippen molar-refractivity contribution in [3.05, 3.63) is 23.3 Å². The molecule has 0 spiro atoms. The molecule has 0 saturated carbocycles. The van der Waals surface area contributed by atoms with E-state index in [-0.39, 0.29) is 25.0 Å². The van der Waals surface area contributed by atoms with E-state index in [0.29, 0.717) is 34.4 Å². The van der Waals surface area contributed by atoms with E-state index >= 15 is 0 Å². The largest absolute Gasteiger partial charge is 0.497 e. The highest BCUT2D eigenvalue weighted by Gasteiger charge is 2.38. The molecule has 202 valence electrons. The molecule has 2 bridgehead atoms. The lowest BCUT2D eigenvalue weighted by Crippen LogP contribution is -2.57. The molecule has 9 nitrogen and oxygen atoms in total. The van der Waals surface area contributed by atoms with Gasteiger partial charge in [-0.3, -0.25) is 9.69 Å². The molecular formula is C26H42N4O5S. The number of ether oxygens (including phenoxy) is 2. The zero-order chi connectivity index (χ0) is 25.7. The first-order chi connectivity index (χ1) is 17.3. The minimum absolute atomic E-state index is 0.0165. The zero-order valence-electron chi connectivity index (χ0n) is 22.0. The maximum Gasteiger partial charge on any atom is 0.248 e. The standard InChI is InChI=1S/C26H42N4O5S/c1-20-15-23(34-3)16-21(2)26(20)36(32,33)19-27-7-14-35-18-25(31)30-9-4-8-29(12-13-30)24-17-28-10-5-22(24)6-11-28/h15-16,22,24,27H,4-14,17-19H2,1-3H3. The van der Waals surface area contributed by atoms with Crippen LogP contribution in [0.5, 0.6) is 5.75 Å². The Kier molecular flexibility index (Phi) is 9.27. The molecule has 1 atom stereocenters. The molecule has 4 heterocycles. The van der Waals surface area contributed by atoms with E-state index in [2.05, 4.69) is 15.1 Å². The van der Waals surface area contributed by atoms with Gasteiger partial charge in [0.05, 0.1) is 18.6 Å². The Morgan fingerprint density at radius 1 is 1.06 bits per heavy atom. The van der Waals surface area contributed by atoms with Crippen molar-refractivity contribution < 1.29 is 22.7 Å². The van der Waals surface area contributed by atoms with Crippen molar-refractivity contribution in [2.45, 2.75) is 44.0 Å². The average molecular weight is 523 g/mol. The van der Waals surface area contributed by atoms with Crippen molar-refractivity contribution >= 4 is 15.7 Å². The van der Waals surface area contributed by atoms with Gasteiger partial charge in [-0.1, -0.05) is 0 Å². The topological polar surface area (TPSA) is 91.4 Å². The number of methoxy groups -OCH3 is 1. The second kappa shape index (κ2) is 12.2. The molecule has 0 aromatic heterocycles. The number of hydrogen-bond donors (Lipinski definition) is 1. The van der Waals surface area contributed by atoms with Gasteiger partial charge in [-0.05, 0) is 75.4 Å². The van der Waals surface area contributed by atoms with Crippen molar-refractivity contribution in [3.8, 4) is 5.75 Å². The van der Waals surface area contributed by atoms with Crippen LogP contribution in [0.15, 0.2) is 17.0 Å². The minimum Gasteiger partial charge on any atom is -0.497 e. The normalized spacial score (nSPS) is 25.1. The lowest BCUT2D eigenvalue weighted by atomic mass is 9.83. The van der Waals surface area contributed by atoms with Crippen LogP contribution in [0.2, 0.25) is 0 Å². The van der Waals surface area contributed by atoms with E-state index in [0.717, 1.165) is 38.5 Å². The van der Waals surface area contributed by atoms with Crippen molar-refractivity contribution in [1.82, 2.24) is 20.0 Å². The number of benzene rings is 1. The van der Waals surface area contributed by atoms with E-state index in [1.165, 1.54) is 32.5 Å². The number of carbonyl (C=O) groups is 1. The second-order valence-corrected chi connectivity index (χ2v) is 12.3. The first-order valence-corrected chi connectivity index (χ1v) is 14.8. The smallest absolute Gasteiger partial charge is 0.248 e. The summed E-state index contributed by atoms with van der Waals surface area (Å²) in [6.45, 7) is 11.4. The molecule has 5 rings (SSSR count). The molecular weight excluding hydrogens is 480 g/mol. The van der Waals surface area contributed by atoms with Gasteiger partial charge in [-0.15, -0.1) is 0 Å². The molecule has 4 saturated heterocycles. The van der Waals surface area contributed by atoms with E-state index in [9.17, 15) is 13.2 Å². The predicted octanol–water partition coefficient (Wildman–Crippen LogP) is 1.28. The minimum atomic E-state index is -3.49. The van der Waals surface area contributed by atoms with Crippen molar-refractivity contribution in [2.75, 3.05) is 78.6 Å². The SMILES string of the molecule is COc1cc(C)c(S(=O)(=O)CNCCOCC(=O)N2CCCN(C3CN4CCC3CC4)CC2)c(C)c1. The van der Waals surface area contributed by atoms with Crippen LogP contribution in [0.25, 0.3) is 0 Å². The quantitative estimate of drug-likeness (QED) is 0.460. The highest BCUT2D eigenvalue weighted by Crippen LogP contribution is 2.31. The summed E-state index contributed by atoms with van der Waals surface area (Å²) in [5.74, 6) is 1.29. The van der Waals surface area contributed by atoms with E-state index in [4.69, 9.17) is 9.47 Å². The van der Waals surface area contributed by atoms with Gasteiger partial charge < -0.3 is 24.6 Å². The van der Waals surface area contributed by atoms with Crippen LogP contribution in [-0.2, 0) is 19.4 Å². The third-order valence-corrected chi connectivity index (χ3v) is 9.75. The summed E-state index contributed by atoms with van der Waals surface area (Å²) in [5, 5.41) is 2.95. The average Bonchev–Trinajstić information content (AvgIpc) is 3.12. The number of rotatable bonds is 10. The van der Waals surface area contributed by atoms with Crippen LogP contribution in [0.4, 0.5) is 0 Å². The highest BCUT2D eigenvalue weighted by atomic mass is 32.2. The molecule has 1 aromatic carbocycles. The number of fused-ring (bicyclic) bond motifs is 3.